The Labute approximate surface area is 107 Å². The molecule has 1 fully saturated rings. The smallest absolute Gasteiger partial charge is 0.746 e. The minimum Gasteiger partial charge on any atom is -0.746 e. The molecule has 0 heterocycles. The molecule has 6 heteroatoms. The molecule has 2 unspecified atom stereocenters. The van der Waals surface area contributed by atoms with Crippen molar-refractivity contribution in [2.75, 3.05) is 0 Å². The molecule has 4 nitrogen and oxygen atoms in total. The van der Waals surface area contributed by atoms with Gasteiger partial charge in [0.05, 0.1) is 0 Å². The second-order valence-corrected chi connectivity index (χ2v) is 6.36. The summed E-state index contributed by atoms with van der Waals surface area (Å²) in [5.41, 5.74) is -0.272. The van der Waals surface area contributed by atoms with Crippen molar-refractivity contribution in [2.24, 2.45) is 11.3 Å². The molecule has 1 N–H and O–H groups in total. The van der Waals surface area contributed by atoms with Gasteiger partial charge in [-0.1, -0.05) is 20.8 Å². The first kappa shape index (κ1) is 14.9. The van der Waals surface area contributed by atoms with E-state index in [2.05, 4.69) is 0 Å². The Bertz CT molecular complexity index is 311. The summed E-state index contributed by atoms with van der Waals surface area (Å²) >= 11 is 0. The Morgan fingerprint density at radius 2 is 1.86 bits per heavy atom. The van der Waals surface area contributed by atoms with Gasteiger partial charge in [0, 0.05) is 0 Å². The van der Waals surface area contributed by atoms with Crippen LogP contribution in [0.25, 0.3) is 0 Å². The summed E-state index contributed by atoms with van der Waals surface area (Å²) in [7, 11) is -4.62. The molecule has 14 heavy (non-hydrogen) atoms. The first-order chi connectivity index (χ1) is 5.58. The molecule has 1 aliphatic carbocycles. The van der Waals surface area contributed by atoms with Crippen LogP contribution in [-0.2, 0) is 10.1 Å². The molecule has 1 rings (SSSR count). The third kappa shape index (κ3) is 2.51. The zero-order valence-corrected chi connectivity index (χ0v) is 11.9. The van der Waals surface area contributed by atoms with Crippen molar-refractivity contribution in [3.63, 3.8) is 0 Å². The molecule has 0 aliphatic heterocycles. The average Bonchev–Trinajstić information content (AvgIpc) is 2.00. The van der Waals surface area contributed by atoms with Crippen molar-refractivity contribution in [1.29, 1.82) is 0 Å². The molecule has 0 aromatic carbocycles. The average molecular weight is 230 g/mol. The van der Waals surface area contributed by atoms with Crippen LogP contribution in [0.4, 0.5) is 0 Å². The summed E-state index contributed by atoms with van der Waals surface area (Å²) in [5.74, 6) is -0.481. The van der Waals surface area contributed by atoms with Crippen LogP contribution in [0.3, 0.4) is 0 Å². The Kier molecular flexibility index (Phi) is 4.28. The van der Waals surface area contributed by atoms with Gasteiger partial charge in [-0.2, -0.15) is 0 Å². The van der Waals surface area contributed by atoms with Crippen LogP contribution >= 0.6 is 0 Å². The monoisotopic (exact) mass is 230 g/mol. The molecule has 2 atom stereocenters. The first-order valence-corrected chi connectivity index (χ1v) is 5.67. The van der Waals surface area contributed by atoms with Gasteiger partial charge in [-0.25, -0.2) is 8.42 Å². The van der Waals surface area contributed by atoms with Gasteiger partial charge in [0.2, 0.25) is 0 Å². The van der Waals surface area contributed by atoms with Crippen molar-refractivity contribution < 1.29 is 47.6 Å². The summed E-state index contributed by atoms with van der Waals surface area (Å²) in [5, 5.41) is 9.73. The van der Waals surface area contributed by atoms with Crippen LogP contribution in [0.5, 0.6) is 0 Å². The van der Waals surface area contributed by atoms with Crippen molar-refractivity contribution in [1.82, 2.24) is 0 Å². The second kappa shape index (κ2) is 4.03. The van der Waals surface area contributed by atoms with Crippen molar-refractivity contribution in [3.05, 3.63) is 0 Å². The van der Waals surface area contributed by atoms with Crippen LogP contribution < -0.4 is 29.6 Å². The number of rotatable bonds is 1. The zero-order valence-electron chi connectivity index (χ0n) is 9.07. The summed E-state index contributed by atoms with van der Waals surface area (Å²) in [6.45, 7) is 5.31. The summed E-state index contributed by atoms with van der Waals surface area (Å²) < 4.78 is 32.5. The molecule has 0 radical (unpaired) electrons. The molecular weight excluding hydrogens is 215 g/mol. The number of aliphatic hydroxyl groups is 1. The van der Waals surface area contributed by atoms with Crippen LogP contribution in [0, 0.1) is 11.3 Å². The summed E-state index contributed by atoms with van der Waals surface area (Å²) in [4.78, 5) is -2.06. The molecule has 0 bridgehead atoms. The minimum absolute atomic E-state index is 0. The van der Waals surface area contributed by atoms with Gasteiger partial charge in [-0.05, 0) is 24.2 Å². The van der Waals surface area contributed by atoms with E-state index in [4.69, 9.17) is 0 Å². The third-order valence-electron chi connectivity index (χ3n) is 2.79. The van der Waals surface area contributed by atoms with Gasteiger partial charge < -0.3 is 9.66 Å². The molecule has 0 spiro atoms. The van der Waals surface area contributed by atoms with Crippen LogP contribution in [-0.4, -0.2) is 23.0 Å². The molecular formula is C8H15NaO4S. The molecule has 1 aliphatic rings. The molecule has 0 aromatic rings. The normalized spacial score (nSPS) is 36.5. The van der Waals surface area contributed by atoms with E-state index in [1.165, 1.54) is 0 Å². The van der Waals surface area contributed by atoms with E-state index in [0.717, 1.165) is 0 Å². The van der Waals surface area contributed by atoms with Crippen molar-refractivity contribution in [3.8, 4) is 0 Å². The number of hydrogen-bond donors (Lipinski definition) is 1. The van der Waals surface area contributed by atoms with Gasteiger partial charge in [-0.3, -0.25) is 0 Å². The standard InChI is InChI=1S/C8H16O4S.Na/c1-6-4-7(2,3)5-8(6,9)13(10,11)12;/h6,9H,4-5H2,1-3H3,(H,10,11,12);/q;+1/p-1. The first-order valence-electron chi connectivity index (χ1n) is 4.26. The fourth-order valence-electron chi connectivity index (χ4n) is 2.26. The van der Waals surface area contributed by atoms with Gasteiger partial charge >= 0.3 is 29.6 Å². The van der Waals surface area contributed by atoms with Gasteiger partial charge in [-0.15, -0.1) is 0 Å². The minimum atomic E-state index is -4.62. The molecule has 0 amide bonds. The Hall–Kier alpha value is 0.870. The van der Waals surface area contributed by atoms with Gasteiger partial charge in [0.15, 0.2) is 4.93 Å². The van der Waals surface area contributed by atoms with E-state index in [0.29, 0.717) is 6.42 Å². The van der Waals surface area contributed by atoms with E-state index >= 15 is 0 Å². The second-order valence-electron chi connectivity index (χ2n) is 4.75. The van der Waals surface area contributed by atoms with E-state index in [1.807, 2.05) is 13.8 Å². The quantitative estimate of drug-likeness (QED) is 0.405. The summed E-state index contributed by atoms with van der Waals surface area (Å²) in [6, 6.07) is 0. The summed E-state index contributed by atoms with van der Waals surface area (Å²) in [6.07, 6.45) is 0.595. The molecule has 0 saturated heterocycles. The van der Waals surface area contributed by atoms with Crippen molar-refractivity contribution >= 4 is 10.1 Å². The van der Waals surface area contributed by atoms with Gasteiger partial charge in [0.25, 0.3) is 0 Å². The maximum absolute atomic E-state index is 10.8. The Balaban J connectivity index is 0.00000169. The maximum Gasteiger partial charge on any atom is 1.00 e. The van der Waals surface area contributed by atoms with E-state index in [9.17, 15) is 18.1 Å². The third-order valence-corrected chi connectivity index (χ3v) is 4.21. The largest absolute Gasteiger partial charge is 1.00 e. The zero-order chi connectivity index (χ0) is 10.5. The topological polar surface area (TPSA) is 77.4 Å². The van der Waals surface area contributed by atoms with E-state index < -0.39 is 21.0 Å². The maximum atomic E-state index is 10.8. The van der Waals surface area contributed by atoms with Crippen LogP contribution in [0.15, 0.2) is 0 Å². The van der Waals surface area contributed by atoms with Crippen LogP contribution in [0.2, 0.25) is 0 Å². The number of hydrogen-bond acceptors (Lipinski definition) is 4. The molecule has 0 aromatic heterocycles. The Morgan fingerprint density at radius 1 is 1.43 bits per heavy atom. The Morgan fingerprint density at radius 3 is 2.00 bits per heavy atom. The fraction of sp³-hybridized carbons (Fsp3) is 1.00. The molecule has 1 saturated carbocycles. The van der Waals surface area contributed by atoms with Crippen LogP contribution in [0.1, 0.15) is 33.6 Å². The van der Waals surface area contributed by atoms with Gasteiger partial charge in [0.1, 0.15) is 10.1 Å². The van der Waals surface area contributed by atoms with Crippen molar-refractivity contribution in [2.45, 2.75) is 38.5 Å². The SMILES string of the molecule is CC1CC(C)(C)CC1(O)S(=O)(=O)[O-].[Na+]. The predicted octanol–water partition coefficient (Wildman–Crippen LogP) is -2.32. The fourth-order valence-corrected chi connectivity index (χ4v) is 3.40. The van der Waals surface area contributed by atoms with E-state index in [-0.39, 0.29) is 41.4 Å². The van der Waals surface area contributed by atoms with E-state index in [1.54, 1.807) is 6.92 Å². The molecule has 78 valence electrons. The predicted molar refractivity (Wildman–Crippen MR) is 46.8 cm³/mol.